The van der Waals surface area contributed by atoms with Crippen LogP contribution in [0.3, 0.4) is 0 Å². The predicted octanol–water partition coefficient (Wildman–Crippen LogP) is 1.88. The lowest BCUT2D eigenvalue weighted by Gasteiger charge is -2.31. The maximum absolute atomic E-state index is 13.1. The molecule has 2 fully saturated rings. The smallest absolute Gasteiger partial charge is 0.228 e. The standard InChI is InChI=1S/C21H29N3O3/c1-22-19(14-17-4-2-3-5-20(17)22)15-24(21(25)18-6-11-27-16-18)8-7-23-9-12-26-13-10-23/h2-5,14,18H,6-13,15-16H2,1H3. The molecule has 6 heteroatoms. The number of rotatable bonds is 6. The number of hydrogen-bond acceptors (Lipinski definition) is 4. The van der Waals surface area contributed by atoms with E-state index in [4.69, 9.17) is 9.47 Å². The third-order valence-corrected chi connectivity index (χ3v) is 5.78. The largest absolute Gasteiger partial charge is 0.381 e. The van der Waals surface area contributed by atoms with E-state index in [2.05, 4.69) is 46.8 Å². The molecule has 27 heavy (non-hydrogen) atoms. The molecule has 1 unspecified atom stereocenters. The average molecular weight is 371 g/mol. The van der Waals surface area contributed by atoms with Crippen molar-refractivity contribution in [1.29, 1.82) is 0 Å². The van der Waals surface area contributed by atoms with Crippen LogP contribution in [0.25, 0.3) is 10.9 Å². The first-order valence-electron chi connectivity index (χ1n) is 9.92. The predicted molar refractivity (Wildman–Crippen MR) is 105 cm³/mol. The summed E-state index contributed by atoms with van der Waals surface area (Å²) in [6.07, 6.45) is 0.835. The number of carbonyl (C=O) groups is 1. The number of carbonyl (C=O) groups excluding carboxylic acids is 1. The number of morpholine rings is 1. The molecule has 0 bridgehead atoms. The van der Waals surface area contributed by atoms with Crippen molar-refractivity contribution in [2.45, 2.75) is 13.0 Å². The van der Waals surface area contributed by atoms with Crippen LogP contribution in [0.1, 0.15) is 12.1 Å². The highest BCUT2D eigenvalue weighted by atomic mass is 16.5. The van der Waals surface area contributed by atoms with Gasteiger partial charge >= 0.3 is 0 Å². The van der Waals surface area contributed by atoms with E-state index in [1.807, 2.05) is 4.90 Å². The lowest BCUT2D eigenvalue weighted by molar-refractivity contribution is -0.136. The van der Waals surface area contributed by atoms with Crippen LogP contribution >= 0.6 is 0 Å². The molecule has 0 spiro atoms. The van der Waals surface area contributed by atoms with Crippen molar-refractivity contribution >= 4 is 16.8 Å². The van der Waals surface area contributed by atoms with E-state index in [0.717, 1.165) is 45.8 Å². The second-order valence-corrected chi connectivity index (χ2v) is 7.53. The lowest BCUT2D eigenvalue weighted by Crippen LogP contribution is -2.44. The molecule has 0 N–H and O–H groups in total. The maximum Gasteiger partial charge on any atom is 0.228 e. The Morgan fingerprint density at radius 2 is 2.00 bits per heavy atom. The van der Waals surface area contributed by atoms with Gasteiger partial charge in [0, 0.05) is 51.0 Å². The van der Waals surface area contributed by atoms with Gasteiger partial charge < -0.3 is 18.9 Å². The number of benzene rings is 1. The Balaban J connectivity index is 1.50. The minimum atomic E-state index is 0.00405. The number of fused-ring (bicyclic) bond motifs is 1. The van der Waals surface area contributed by atoms with Crippen molar-refractivity contribution in [3.8, 4) is 0 Å². The van der Waals surface area contributed by atoms with Gasteiger partial charge in [-0.1, -0.05) is 18.2 Å². The Morgan fingerprint density at radius 3 is 2.74 bits per heavy atom. The summed E-state index contributed by atoms with van der Waals surface area (Å²) in [6.45, 7) is 7.00. The number of aryl methyl sites for hydroxylation is 1. The second-order valence-electron chi connectivity index (χ2n) is 7.53. The zero-order chi connectivity index (χ0) is 18.6. The van der Waals surface area contributed by atoms with Crippen LogP contribution in [0.15, 0.2) is 30.3 Å². The fourth-order valence-corrected chi connectivity index (χ4v) is 4.03. The van der Waals surface area contributed by atoms with E-state index >= 15 is 0 Å². The Labute approximate surface area is 160 Å². The van der Waals surface area contributed by atoms with Gasteiger partial charge in [-0.2, -0.15) is 0 Å². The number of aromatic nitrogens is 1. The molecule has 0 saturated carbocycles. The number of para-hydroxylation sites is 1. The van der Waals surface area contributed by atoms with Gasteiger partial charge in [0.2, 0.25) is 5.91 Å². The molecule has 1 amide bonds. The van der Waals surface area contributed by atoms with E-state index in [0.29, 0.717) is 19.8 Å². The lowest BCUT2D eigenvalue weighted by atomic mass is 10.1. The summed E-state index contributed by atoms with van der Waals surface area (Å²) in [7, 11) is 2.08. The molecule has 0 radical (unpaired) electrons. The Kier molecular flexibility index (Phi) is 5.76. The van der Waals surface area contributed by atoms with Gasteiger partial charge in [-0.3, -0.25) is 9.69 Å². The zero-order valence-corrected chi connectivity index (χ0v) is 16.1. The summed E-state index contributed by atoms with van der Waals surface area (Å²) in [5.74, 6) is 0.232. The van der Waals surface area contributed by atoms with E-state index in [1.165, 1.54) is 16.6 Å². The van der Waals surface area contributed by atoms with Crippen molar-refractivity contribution < 1.29 is 14.3 Å². The minimum absolute atomic E-state index is 0.00405. The highest BCUT2D eigenvalue weighted by Gasteiger charge is 2.29. The van der Waals surface area contributed by atoms with Crippen LogP contribution in [0, 0.1) is 5.92 Å². The topological polar surface area (TPSA) is 46.9 Å². The molecule has 1 aromatic carbocycles. The van der Waals surface area contributed by atoms with Gasteiger partial charge in [0.15, 0.2) is 0 Å². The molecular weight excluding hydrogens is 342 g/mol. The molecule has 146 valence electrons. The zero-order valence-electron chi connectivity index (χ0n) is 16.1. The summed E-state index contributed by atoms with van der Waals surface area (Å²) in [5.41, 5.74) is 2.38. The number of ether oxygens (including phenoxy) is 2. The van der Waals surface area contributed by atoms with E-state index in [1.54, 1.807) is 0 Å². The van der Waals surface area contributed by atoms with Gasteiger partial charge in [-0.25, -0.2) is 0 Å². The van der Waals surface area contributed by atoms with Crippen LogP contribution in [-0.4, -0.2) is 72.9 Å². The molecule has 2 aliphatic rings. The van der Waals surface area contributed by atoms with Gasteiger partial charge in [0.05, 0.1) is 32.3 Å². The molecule has 2 aromatic rings. The van der Waals surface area contributed by atoms with Crippen LogP contribution in [0.5, 0.6) is 0 Å². The van der Waals surface area contributed by atoms with Crippen LogP contribution < -0.4 is 0 Å². The first-order valence-corrected chi connectivity index (χ1v) is 9.92. The summed E-state index contributed by atoms with van der Waals surface area (Å²) in [5, 5.41) is 1.22. The van der Waals surface area contributed by atoms with Gasteiger partial charge in [0.25, 0.3) is 0 Å². The van der Waals surface area contributed by atoms with Crippen molar-refractivity contribution in [3.05, 3.63) is 36.0 Å². The fourth-order valence-electron chi connectivity index (χ4n) is 4.03. The molecule has 1 aromatic heterocycles. The normalized spacial score (nSPS) is 21.0. The van der Waals surface area contributed by atoms with E-state index in [9.17, 15) is 4.79 Å². The number of hydrogen-bond donors (Lipinski definition) is 0. The first-order chi connectivity index (χ1) is 13.2. The Morgan fingerprint density at radius 1 is 1.19 bits per heavy atom. The van der Waals surface area contributed by atoms with Gasteiger partial charge in [-0.05, 0) is 23.9 Å². The average Bonchev–Trinajstić information content (AvgIpc) is 3.35. The minimum Gasteiger partial charge on any atom is -0.381 e. The molecule has 1 atom stereocenters. The molecule has 4 rings (SSSR count). The SMILES string of the molecule is Cn1c(CN(CCN2CCOCC2)C(=O)C2CCOC2)cc2ccccc21. The monoisotopic (exact) mass is 371 g/mol. The number of amides is 1. The molecule has 2 saturated heterocycles. The Bertz CT molecular complexity index is 776. The summed E-state index contributed by atoms with van der Waals surface area (Å²) in [6, 6.07) is 10.6. The van der Waals surface area contributed by atoms with Crippen molar-refractivity contribution in [1.82, 2.24) is 14.4 Å². The Hall–Kier alpha value is -1.89. The maximum atomic E-state index is 13.1. The summed E-state index contributed by atoms with van der Waals surface area (Å²) >= 11 is 0. The van der Waals surface area contributed by atoms with Crippen molar-refractivity contribution in [2.24, 2.45) is 13.0 Å². The van der Waals surface area contributed by atoms with Crippen LogP contribution in [0.2, 0.25) is 0 Å². The van der Waals surface area contributed by atoms with Crippen LogP contribution in [0.4, 0.5) is 0 Å². The molecular formula is C21H29N3O3. The summed E-state index contributed by atoms with van der Waals surface area (Å²) < 4.78 is 13.1. The third kappa shape index (κ3) is 4.18. The van der Waals surface area contributed by atoms with Crippen LogP contribution in [-0.2, 0) is 27.9 Å². The van der Waals surface area contributed by atoms with E-state index in [-0.39, 0.29) is 11.8 Å². The highest BCUT2D eigenvalue weighted by molar-refractivity contribution is 5.82. The summed E-state index contributed by atoms with van der Waals surface area (Å²) in [4.78, 5) is 17.6. The third-order valence-electron chi connectivity index (χ3n) is 5.78. The first kappa shape index (κ1) is 18.5. The molecule has 6 nitrogen and oxygen atoms in total. The van der Waals surface area contributed by atoms with Gasteiger partial charge in [-0.15, -0.1) is 0 Å². The number of nitrogens with zero attached hydrogens (tertiary/aromatic N) is 3. The van der Waals surface area contributed by atoms with Crippen molar-refractivity contribution in [2.75, 3.05) is 52.6 Å². The molecule has 2 aliphatic heterocycles. The molecule has 0 aliphatic carbocycles. The quantitative estimate of drug-likeness (QED) is 0.778. The second kappa shape index (κ2) is 8.42. The van der Waals surface area contributed by atoms with E-state index < -0.39 is 0 Å². The fraction of sp³-hybridized carbons (Fsp3) is 0.571. The highest BCUT2D eigenvalue weighted by Crippen LogP contribution is 2.22. The van der Waals surface area contributed by atoms with Gasteiger partial charge in [0.1, 0.15) is 0 Å². The van der Waals surface area contributed by atoms with Crippen molar-refractivity contribution in [3.63, 3.8) is 0 Å². The molecule has 3 heterocycles.